The predicted octanol–water partition coefficient (Wildman–Crippen LogP) is 3.28. The number of aromatic nitrogens is 3. The highest BCUT2D eigenvalue weighted by atomic mass is 19.1. The second-order valence-electron chi connectivity index (χ2n) is 5.78. The SMILES string of the molecule is Cc1ccc2c(c1)[C@H](Nc1nc(N)nc(C(C)F)n1)CCC2. The van der Waals surface area contributed by atoms with Gasteiger partial charge in [0.2, 0.25) is 11.9 Å². The lowest BCUT2D eigenvalue weighted by molar-refractivity contribution is 0.356. The van der Waals surface area contributed by atoms with Crippen LogP contribution in [0.2, 0.25) is 0 Å². The molecule has 0 spiro atoms. The Hall–Kier alpha value is -2.24. The highest BCUT2D eigenvalue weighted by Crippen LogP contribution is 2.32. The molecule has 3 rings (SSSR count). The van der Waals surface area contributed by atoms with Crippen molar-refractivity contribution in [1.82, 2.24) is 15.0 Å². The van der Waals surface area contributed by atoms with E-state index in [1.165, 1.54) is 23.6 Å². The fourth-order valence-electron chi connectivity index (χ4n) is 2.88. The summed E-state index contributed by atoms with van der Waals surface area (Å²) in [5.41, 5.74) is 9.48. The summed E-state index contributed by atoms with van der Waals surface area (Å²) in [5.74, 6) is 0.443. The molecule has 1 aromatic heterocycles. The number of rotatable bonds is 3. The number of nitrogens with one attached hydrogen (secondary N) is 1. The van der Waals surface area contributed by atoms with E-state index in [4.69, 9.17) is 5.73 Å². The molecule has 0 saturated carbocycles. The van der Waals surface area contributed by atoms with Crippen molar-refractivity contribution < 1.29 is 4.39 Å². The standard InChI is InChI=1S/C16H20FN5/c1-9-6-7-11-4-3-5-13(12(11)8-9)19-16-21-14(10(2)17)20-15(18)22-16/h6-8,10,13H,3-5H2,1-2H3,(H3,18,19,20,21,22)/t10?,13-/m1/s1. The third-order valence-corrected chi connectivity index (χ3v) is 3.94. The zero-order chi connectivity index (χ0) is 15.7. The zero-order valence-electron chi connectivity index (χ0n) is 12.8. The summed E-state index contributed by atoms with van der Waals surface area (Å²) >= 11 is 0. The number of hydrogen-bond acceptors (Lipinski definition) is 5. The van der Waals surface area contributed by atoms with E-state index in [1.807, 2.05) is 0 Å². The lowest BCUT2D eigenvalue weighted by Gasteiger charge is -2.27. The summed E-state index contributed by atoms with van der Waals surface area (Å²) in [7, 11) is 0. The highest BCUT2D eigenvalue weighted by molar-refractivity contribution is 5.41. The van der Waals surface area contributed by atoms with Crippen LogP contribution in [0.3, 0.4) is 0 Å². The quantitative estimate of drug-likeness (QED) is 0.909. The topological polar surface area (TPSA) is 76.7 Å². The first-order valence-electron chi connectivity index (χ1n) is 7.54. The van der Waals surface area contributed by atoms with E-state index >= 15 is 0 Å². The number of nitrogen functional groups attached to an aromatic ring is 1. The van der Waals surface area contributed by atoms with Gasteiger partial charge >= 0.3 is 0 Å². The Balaban J connectivity index is 1.90. The number of fused-ring (bicyclic) bond motifs is 1. The Kier molecular flexibility index (Phi) is 3.92. The van der Waals surface area contributed by atoms with Crippen LogP contribution in [0, 0.1) is 6.92 Å². The number of nitrogens with two attached hydrogens (primary N) is 1. The number of hydrogen-bond donors (Lipinski definition) is 2. The van der Waals surface area contributed by atoms with Crippen molar-refractivity contribution in [2.75, 3.05) is 11.1 Å². The van der Waals surface area contributed by atoms with Crippen molar-refractivity contribution in [3.05, 3.63) is 40.7 Å². The van der Waals surface area contributed by atoms with Gasteiger partial charge in [-0.3, -0.25) is 0 Å². The molecule has 116 valence electrons. The van der Waals surface area contributed by atoms with E-state index in [1.54, 1.807) is 0 Å². The third-order valence-electron chi connectivity index (χ3n) is 3.94. The van der Waals surface area contributed by atoms with E-state index in [2.05, 4.69) is 45.4 Å². The van der Waals surface area contributed by atoms with Crippen LogP contribution >= 0.6 is 0 Å². The van der Waals surface area contributed by atoms with Crippen LogP contribution in [0.4, 0.5) is 16.3 Å². The van der Waals surface area contributed by atoms with Crippen molar-refractivity contribution in [2.24, 2.45) is 0 Å². The summed E-state index contributed by atoms with van der Waals surface area (Å²) in [5, 5.41) is 3.29. The minimum absolute atomic E-state index is 0.0391. The van der Waals surface area contributed by atoms with E-state index in [-0.39, 0.29) is 17.8 Å². The maximum Gasteiger partial charge on any atom is 0.228 e. The van der Waals surface area contributed by atoms with Crippen molar-refractivity contribution in [2.45, 2.75) is 45.3 Å². The Morgan fingerprint density at radius 3 is 2.91 bits per heavy atom. The summed E-state index contributed by atoms with van der Waals surface area (Å²) in [6.45, 7) is 3.47. The maximum absolute atomic E-state index is 13.4. The maximum atomic E-state index is 13.4. The fraction of sp³-hybridized carbons (Fsp3) is 0.438. The molecule has 0 amide bonds. The monoisotopic (exact) mass is 301 g/mol. The molecular weight excluding hydrogens is 281 g/mol. The second kappa shape index (κ2) is 5.87. The first-order chi connectivity index (χ1) is 10.5. The van der Waals surface area contributed by atoms with E-state index in [0.29, 0.717) is 5.95 Å². The molecular formula is C16H20FN5. The normalized spacial score (nSPS) is 18.6. The molecule has 6 heteroatoms. The predicted molar refractivity (Wildman–Crippen MR) is 84.2 cm³/mol. The minimum atomic E-state index is -1.27. The van der Waals surface area contributed by atoms with Crippen molar-refractivity contribution in [3.8, 4) is 0 Å². The van der Waals surface area contributed by atoms with E-state index in [9.17, 15) is 4.39 Å². The second-order valence-corrected chi connectivity index (χ2v) is 5.78. The molecule has 0 bridgehead atoms. The Morgan fingerprint density at radius 1 is 1.32 bits per heavy atom. The molecule has 2 aromatic rings. The van der Waals surface area contributed by atoms with Crippen molar-refractivity contribution in [1.29, 1.82) is 0 Å². The lowest BCUT2D eigenvalue weighted by atomic mass is 9.87. The van der Waals surface area contributed by atoms with Gasteiger partial charge in [-0.15, -0.1) is 0 Å². The van der Waals surface area contributed by atoms with Gasteiger partial charge < -0.3 is 11.1 Å². The molecule has 1 aliphatic rings. The number of anilines is 2. The fourth-order valence-corrected chi connectivity index (χ4v) is 2.88. The van der Waals surface area contributed by atoms with Gasteiger partial charge in [0.1, 0.15) is 0 Å². The zero-order valence-corrected chi connectivity index (χ0v) is 12.8. The number of benzene rings is 1. The van der Waals surface area contributed by atoms with Gasteiger partial charge in [-0.1, -0.05) is 23.8 Å². The lowest BCUT2D eigenvalue weighted by Crippen LogP contribution is -2.20. The number of alkyl halides is 1. The molecule has 2 atom stereocenters. The first-order valence-corrected chi connectivity index (χ1v) is 7.54. The Bertz CT molecular complexity index is 686. The van der Waals surface area contributed by atoms with Gasteiger partial charge in [0.05, 0.1) is 6.04 Å². The average Bonchev–Trinajstić information content (AvgIpc) is 2.47. The Morgan fingerprint density at radius 2 is 2.14 bits per heavy atom. The smallest absolute Gasteiger partial charge is 0.228 e. The average molecular weight is 301 g/mol. The van der Waals surface area contributed by atoms with Crippen LogP contribution in [-0.2, 0) is 6.42 Å². The molecule has 1 unspecified atom stereocenters. The van der Waals surface area contributed by atoms with Gasteiger partial charge in [0, 0.05) is 0 Å². The van der Waals surface area contributed by atoms with E-state index < -0.39 is 6.17 Å². The van der Waals surface area contributed by atoms with Crippen LogP contribution in [0.25, 0.3) is 0 Å². The van der Waals surface area contributed by atoms with Gasteiger partial charge in [0.25, 0.3) is 0 Å². The summed E-state index contributed by atoms with van der Waals surface area (Å²) in [4.78, 5) is 12.0. The van der Waals surface area contributed by atoms with Crippen LogP contribution in [0.5, 0.6) is 0 Å². The molecule has 22 heavy (non-hydrogen) atoms. The number of aryl methyl sites for hydroxylation is 2. The summed E-state index contributed by atoms with van der Waals surface area (Å²) in [6.07, 6.45) is 1.90. The van der Waals surface area contributed by atoms with Gasteiger partial charge in [0.15, 0.2) is 12.0 Å². The number of nitrogens with zero attached hydrogens (tertiary/aromatic N) is 3. The molecule has 1 aromatic carbocycles. The molecule has 0 radical (unpaired) electrons. The molecule has 0 fully saturated rings. The van der Waals surface area contributed by atoms with Gasteiger partial charge in [-0.2, -0.15) is 15.0 Å². The van der Waals surface area contributed by atoms with E-state index in [0.717, 1.165) is 19.3 Å². The molecule has 0 aliphatic heterocycles. The summed E-state index contributed by atoms with van der Waals surface area (Å²) < 4.78 is 13.4. The molecule has 1 heterocycles. The molecule has 0 saturated heterocycles. The van der Waals surface area contributed by atoms with Crippen LogP contribution < -0.4 is 11.1 Å². The third kappa shape index (κ3) is 3.00. The van der Waals surface area contributed by atoms with Gasteiger partial charge in [-0.05, 0) is 44.2 Å². The largest absolute Gasteiger partial charge is 0.368 e. The van der Waals surface area contributed by atoms with Gasteiger partial charge in [-0.25, -0.2) is 4.39 Å². The van der Waals surface area contributed by atoms with Crippen LogP contribution in [-0.4, -0.2) is 15.0 Å². The van der Waals surface area contributed by atoms with Crippen molar-refractivity contribution in [3.63, 3.8) is 0 Å². The molecule has 5 nitrogen and oxygen atoms in total. The van der Waals surface area contributed by atoms with Crippen molar-refractivity contribution >= 4 is 11.9 Å². The van der Waals surface area contributed by atoms with Crippen LogP contribution in [0.1, 0.15) is 54.5 Å². The highest BCUT2D eigenvalue weighted by Gasteiger charge is 2.21. The molecule has 1 aliphatic carbocycles. The van der Waals surface area contributed by atoms with Crippen LogP contribution in [0.15, 0.2) is 18.2 Å². The minimum Gasteiger partial charge on any atom is -0.368 e. The molecule has 3 N–H and O–H groups in total. The Labute approximate surface area is 129 Å². The summed E-state index contributed by atoms with van der Waals surface area (Å²) in [6, 6.07) is 6.61. The number of halogens is 1. The first kappa shape index (κ1) is 14.7.